The van der Waals surface area contributed by atoms with E-state index < -0.39 is 0 Å². The molecule has 0 saturated heterocycles. The minimum atomic E-state index is 0.637. The molecule has 10 aromatic rings. The van der Waals surface area contributed by atoms with Crippen molar-refractivity contribution in [2.75, 3.05) is 0 Å². The van der Waals surface area contributed by atoms with Crippen LogP contribution < -0.4 is 0 Å². The highest BCUT2D eigenvalue weighted by molar-refractivity contribution is 7.27. The van der Waals surface area contributed by atoms with Gasteiger partial charge in [0, 0.05) is 53.5 Å². The fourth-order valence-corrected chi connectivity index (χ4v) is 8.28. The molecule has 0 fully saturated rings. The van der Waals surface area contributed by atoms with Crippen molar-refractivity contribution in [3.05, 3.63) is 146 Å². The van der Waals surface area contributed by atoms with E-state index in [0.717, 1.165) is 38.9 Å². The van der Waals surface area contributed by atoms with Gasteiger partial charge < -0.3 is 0 Å². The zero-order valence-electron chi connectivity index (χ0n) is 24.6. The largest absolute Gasteiger partial charge is 0.277 e. The molecule has 214 valence electrons. The Kier molecular flexibility index (Phi) is 5.41. The molecular formula is C41H24N4S. The van der Waals surface area contributed by atoms with Crippen LogP contribution in [0.15, 0.2) is 146 Å². The van der Waals surface area contributed by atoms with Gasteiger partial charge in [-0.1, -0.05) is 115 Å². The van der Waals surface area contributed by atoms with Crippen LogP contribution in [-0.4, -0.2) is 19.5 Å². The lowest BCUT2D eigenvalue weighted by molar-refractivity contribution is 1.01. The Labute approximate surface area is 267 Å². The van der Waals surface area contributed by atoms with Crippen LogP contribution in [0.5, 0.6) is 0 Å². The fraction of sp³-hybridized carbons (Fsp3) is 0. The smallest absolute Gasteiger partial charge is 0.235 e. The van der Waals surface area contributed by atoms with E-state index in [0.29, 0.717) is 5.95 Å². The molecule has 0 unspecified atom stereocenters. The minimum absolute atomic E-state index is 0.637. The summed E-state index contributed by atoms with van der Waals surface area (Å²) in [7, 11) is 0. The Morgan fingerprint density at radius 3 is 2.02 bits per heavy atom. The van der Waals surface area contributed by atoms with E-state index in [1.165, 1.54) is 47.3 Å². The summed E-state index contributed by atoms with van der Waals surface area (Å²) in [6.45, 7) is 0. The highest BCUT2D eigenvalue weighted by Gasteiger charge is 2.23. The van der Waals surface area contributed by atoms with Gasteiger partial charge in [0.15, 0.2) is 0 Å². The van der Waals surface area contributed by atoms with Crippen molar-refractivity contribution >= 4 is 75.1 Å². The Hall–Kier alpha value is -5.91. The second kappa shape index (κ2) is 9.80. The summed E-state index contributed by atoms with van der Waals surface area (Å²) in [6, 6.07) is 49.2. The van der Waals surface area contributed by atoms with E-state index in [1.807, 2.05) is 35.7 Å². The molecule has 46 heavy (non-hydrogen) atoms. The van der Waals surface area contributed by atoms with Gasteiger partial charge in [-0.3, -0.25) is 9.55 Å². The molecule has 0 N–H and O–H groups in total. The van der Waals surface area contributed by atoms with Crippen LogP contribution in [0.2, 0.25) is 0 Å². The number of hydrogen-bond donors (Lipinski definition) is 0. The summed E-state index contributed by atoms with van der Waals surface area (Å²) in [4.78, 5) is 15.3. The van der Waals surface area contributed by atoms with Crippen LogP contribution in [0.25, 0.3) is 92.1 Å². The Balaban J connectivity index is 1.33. The standard InChI is InChI=1S/C41H24N4S/c1-2-11-25(12-3-1)26-20-22-27(23-21-26)37-38-32(17-10-24-42-38)43-41(44-37)45-33-18-8-6-15-30(33)35-36-31-16-7-9-19-34(31)46-40(36)29-14-5-4-13-28(29)39(35)45/h1-24H. The number of fused-ring (bicyclic) bond motifs is 11. The molecule has 0 atom stereocenters. The van der Waals surface area contributed by atoms with Gasteiger partial charge in [-0.05, 0) is 35.4 Å². The molecule has 0 radical (unpaired) electrons. The number of thiophene rings is 1. The van der Waals surface area contributed by atoms with Gasteiger partial charge in [0.25, 0.3) is 0 Å². The number of rotatable bonds is 3. The Bertz CT molecular complexity index is 2790. The first kappa shape index (κ1) is 25.4. The molecule has 10 rings (SSSR count). The second-order valence-electron chi connectivity index (χ2n) is 11.6. The molecule has 4 aromatic heterocycles. The lowest BCUT2D eigenvalue weighted by atomic mass is 10.00. The van der Waals surface area contributed by atoms with Crippen molar-refractivity contribution in [1.82, 2.24) is 19.5 Å². The SMILES string of the molecule is c1ccc(-c2ccc(-c3nc(-n4c5ccccc5c5c6c7ccccc7sc6c6ccccc6c54)nc4cccnc34)cc2)cc1. The van der Waals surface area contributed by atoms with Crippen molar-refractivity contribution in [3.8, 4) is 28.3 Å². The highest BCUT2D eigenvalue weighted by Crippen LogP contribution is 2.47. The van der Waals surface area contributed by atoms with Crippen molar-refractivity contribution in [2.24, 2.45) is 0 Å². The summed E-state index contributed by atoms with van der Waals surface area (Å²) in [5.41, 5.74) is 7.98. The summed E-state index contributed by atoms with van der Waals surface area (Å²) in [5.74, 6) is 0.637. The molecule has 0 amide bonds. The zero-order valence-corrected chi connectivity index (χ0v) is 25.4. The number of aromatic nitrogens is 4. The summed E-state index contributed by atoms with van der Waals surface area (Å²) < 4.78 is 4.88. The molecular weight excluding hydrogens is 581 g/mol. The van der Waals surface area contributed by atoms with Crippen LogP contribution in [0.4, 0.5) is 0 Å². The molecule has 0 saturated carbocycles. The first-order valence-electron chi connectivity index (χ1n) is 15.4. The normalized spacial score (nSPS) is 11.9. The van der Waals surface area contributed by atoms with Gasteiger partial charge in [0.05, 0.1) is 16.6 Å². The number of pyridine rings is 1. The third-order valence-electron chi connectivity index (χ3n) is 9.06. The lowest BCUT2D eigenvalue weighted by Gasteiger charge is -2.13. The number of nitrogens with zero attached hydrogens (tertiary/aromatic N) is 4. The quantitative estimate of drug-likeness (QED) is 0.201. The molecule has 5 heteroatoms. The maximum absolute atomic E-state index is 5.35. The average molecular weight is 605 g/mol. The lowest BCUT2D eigenvalue weighted by Crippen LogP contribution is -2.04. The minimum Gasteiger partial charge on any atom is -0.277 e. The van der Waals surface area contributed by atoms with Gasteiger partial charge in [-0.25, -0.2) is 9.97 Å². The van der Waals surface area contributed by atoms with Crippen molar-refractivity contribution < 1.29 is 0 Å². The maximum Gasteiger partial charge on any atom is 0.235 e. The molecule has 4 heterocycles. The molecule has 6 aromatic carbocycles. The number of hydrogen-bond acceptors (Lipinski definition) is 4. The first-order chi connectivity index (χ1) is 22.8. The van der Waals surface area contributed by atoms with Crippen molar-refractivity contribution in [1.29, 1.82) is 0 Å². The van der Waals surface area contributed by atoms with E-state index in [9.17, 15) is 0 Å². The molecule has 4 nitrogen and oxygen atoms in total. The summed E-state index contributed by atoms with van der Waals surface area (Å²) in [6.07, 6.45) is 1.82. The second-order valence-corrected chi connectivity index (χ2v) is 12.7. The molecule has 0 spiro atoms. The van der Waals surface area contributed by atoms with Crippen molar-refractivity contribution in [3.63, 3.8) is 0 Å². The Morgan fingerprint density at radius 1 is 0.500 bits per heavy atom. The fourth-order valence-electron chi connectivity index (χ4n) is 7.03. The van der Waals surface area contributed by atoms with Crippen LogP contribution in [0.1, 0.15) is 0 Å². The molecule has 0 bridgehead atoms. The van der Waals surface area contributed by atoms with Crippen LogP contribution >= 0.6 is 11.3 Å². The predicted molar refractivity (Wildman–Crippen MR) is 193 cm³/mol. The third-order valence-corrected chi connectivity index (χ3v) is 10.3. The third kappa shape index (κ3) is 3.63. The van der Waals surface area contributed by atoms with E-state index in [-0.39, 0.29) is 0 Å². The van der Waals surface area contributed by atoms with Gasteiger partial charge in [0.1, 0.15) is 11.2 Å². The van der Waals surface area contributed by atoms with Crippen LogP contribution in [0, 0.1) is 0 Å². The van der Waals surface area contributed by atoms with E-state index in [2.05, 4.69) is 126 Å². The predicted octanol–water partition coefficient (Wildman–Crippen LogP) is 11.0. The van der Waals surface area contributed by atoms with Crippen LogP contribution in [-0.2, 0) is 0 Å². The van der Waals surface area contributed by atoms with Gasteiger partial charge in [-0.15, -0.1) is 11.3 Å². The van der Waals surface area contributed by atoms with E-state index in [4.69, 9.17) is 15.0 Å². The van der Waals surface area contributed by atoms with Gasteiger partial charge in [-0.2, -0.15) is 0 Å². The summed E-state index contributed by atoms with van der Waals surface area (Å²) >= 11 is 1.87. The van der Waals surface area contributed by atoms with E-state index >= 15 is 0 Å². The van der Waals surface area contributed by atoms with Gasteiger partial charge >= 0.3 is 0 Å². The number of para-hydroxylation sites is 1. The summed E-state index contributed by atoms with van der Waals surface area (Å²) in [5, 5.41) is 7.45. The van der Waals surface area contributed by atoms with Gasteiger partial charge in [0.2, 0.25) is 5.95 Å². The zero-order chi connectivity index (χ0) is 30.2. The first-order valence-corrected chi connectivity index (χ1v) is 16.2. The Morgan fingerprint density at radius 2 is 1.17 bits per heavy atom. The maximum atomic E-state index is 5.35. The topological polar surface area (TPSA) is 43.6 Å². The van der Waals surface area contributed by atoms with Crippen LogP contribution in [0.3, 0.4) is 0 Å². The average Bonchev–Trinajstić information content (AvgIpc) is 3.68. The molecule has 0 aliphatic rings. The highest BCUT2D eigenvalue weighted by atomic mass is 32.1. The number of benzene rings is 6. The van der Waals surface area contributed by atoms with E-state index in [1.54, 1.807) is 0 Å². The molecule has 0 aliphatic heterocycles. The molecule has 0 aliphatic carbocycles. The monoisotopic (exact) mass is 604 g/mol. The van der Waals surface area contributed by atoms with Crippen molar-refractivity contribution in [2.45, 2.75) is 0 Å².